The zero-order chi connectivity index (χ0) is 19.5. The first kappa shape index (κ1) is 19.0. The summed E-state index contributed by atoms with van der Waals surface area (Å²) in [5, 5.41) is 0. The zero-order valence-corrected chi connectivity index (χ0v) is 17.0. The molecule has 4 rings (SSSR count). The first-order chi connectivity index (χ1) is 13.6. The Kier molecular flexibility index (Phi) is 5.67. The highest BCUT2D eigenvalue weighted by atomic mass is 32.2. The minimum atomic E-state index is -1.36. The van der Waals surface area contributed by atoms with Gasteiger partial charge in [-0.15, -0.1) is 0 Å². The Balaban J connectivity index is 1.47. The zero-order valence-electron chi connectivity index (χ0n) is 16.1. The molecule has 1 aliphatic rings. The normalized spacial score (nSPS) is 16.3. The van der Waals surface area contributed by atoms with Crippen molar-refractivity contribution in [1.82, 2.24) is 13.9 Å². The number of nitrogens with zero attached hydrogens (tertiary/aromatic N) is 3. The van der Waals surface area contributed by atoms with Crippen molar-refractivity contribution >= 4 is 27.9 Å². The number of Topliss-reactive ketones (excluding diaryl/α,β-unsaturated/α-hetero) is 1. The molecule has 0 amide bonds. The number of aromatic nitrogens is 3. The minimum Gasteiger partial charge on any atom is -0.299 e. The smallest absolute Gasteiger partial charge is 0.171 e. The summed E-state index contributed by atoms with van der Waals surface area (Å²) in [4.78, 5) is 22.3. The Hall–Kier alpha value is -2.34. The Morgan fingerprint density at radius 3 is 2.64 bits per heavy atom. The van der Waals surface area contributed by atoms with Gasteiger partial charge in [0.25, 0.3) is 0 Å². The molecule has 1 atom stereocenters. The van der Waals surface area contributed by atoms with Gasteiger partial charge in [0.2, 0.25) is 0 Å². The van der Waals surface area contributed by atoms with Crippen LogP contribution in [0, 0.1) is 12.8 Å². The number of ketones is 1. The fourth-order valence-electron chi connectivity index (χ4n) is 3.83. The lowest BCUT2D eigenvalue weighted by atomic mass is 9.85. The first-order valence-electron chi connectivity index (χ1n) is 9.96. The maximum atomic E-state index is 12.9. The minimum absolute atomic E-state index is 0.239. The largest absolute Gasteiger partial charge is 0.299 e. The number of hydrogen-bond donors (Lipinski definition) is 0. The Morgan fingerprint density at radius 2 is 1.89 bits per heavy atom. The van der Waals surface area contributed by atoms with E-state index >= 15 is 0 Å². The van der Waals surface area contributed by atoms with Crippen molar-refractivity contribution in [2.75, 3.05) is 0 Å². The summed E-state index contributed by atoms with van der Waals surface area (Å²) in [6, 6.07) is 9.48. The van der Waals surface area contributed by atoms with Crippen LogP contribution >= 0.6 is 0 Å². The molecule has 2 heterocycles. The number of aryl methyl sites for hydroxylation is 2. The van der Waals surface area contributed by atoms with Crippen molar-refractivity contribution in [3.63, 3.8) is 0 Å². The van der Waals surface area contributed by atoms with Crippen LogP contribution in [-0.2, 0) is 22.2 Å². The standard InChI is InChI=1S/C22H25N3O2S/c1-16-7-10-19(11-8-16)28(27)25-14-13-20-22(25)23-15-18(24-20)9-12-21(26)17-5-3-2-4-6-17/h7-8,10-11,13-15,17H,2-6,9,12H2,1H3. The van der Waals surface area contributed by atoms with Crippen LogP contribution in [0.1, 0.15) is 49.8 Å². The number of carbonyl (C=O) groups is 1. The molecule has 2 aromatic heterocycles. The molecule has 1 aliphatic carbocycles. The lowest BCUT2D eigenvalue weighted by Gasteiger charge is -2.20. The fraction of sp³-hybridized carbons (Fsp3) is 0.409. The second-order valence-electron chi connectivity index (χ2n) is 7.58. The summed E-state index contributed by atoms with van der Waals surface area (Å²) >= 11 is 0. The van der Waals surface area contributed by atoms with Crippen LogP contribution in [-0.4, -0.2) is 23.9 Å². The van der Waals surface area contributed by atoms with Crippen molar-refractivity contribution in [3.8, 4) is 0 Å². The van der Waals surface area contributed by atoms with E-state index in [4.69, 9.17) is 0 Å². The summed E-state index contributed by atoms with van der Waals surface area (Å²) in [6.45, 7) is 2.00. The van der Waals surface area contributed by atoms with E-state index in [1.54, 1.807) is 16.4 Å². The molecule has 0 radical (unpaired) electrons. The number of fused-ring (bicyclic) bond motifs is 1. The van der Waals surface area contributed by atoms with Gasteiger partial charge in [0.1, 0.15) is 11.3 Å². The van der Waals surface area contributed by atoms with E-state index in [1.165, 1.54) is 19.3 Å². The van der Waals surface area contributed by atoms with Crippen molar-refractivity contribution in [1.29, 1.82) is 0 Å². The van der Waals surface area contributed by atoms with E-state index in [9.17, 15) is 9.00 Å². The van der Waals surface area contributed by atoms with Crippen LogP contribution in [0.4, 0.5) is 0 Å². The average Bonchev–Trinajstić information content (AvgIpc) is 3.16. The second-order valence-corrected chi connectivity index (χ2v) is 8.94. The summed E-state index contributed by atoms with van der Waals surface area (Å²) < 4.78 is 14.5. The number of carbonyl (C=O) groups excluding carboxylic acids is 1. The molecule has 0 aliphatic heterocycles. The van der Waals surface area contributed by atoms with Gasteiger partial charge in [-0.05, 0) is 44.4 Å². The molecule has 0 spiro atoms. The molecule has 1 saturated carbocycles. The van der Waals surface area contributed by atoms with Crippen LogP contribution in [0.25, 0.3) is 11.2 Å². The molecular formula is C22H25N3O2S. The highest BCUT2D eigenvalue weighted by Crippen LogP contribution is 2.26. The molecule has 5 nitrogen and oxygen atoms in total. The van der Waals surface area contributed by atoms with Crippen LogP contribution in [0.2, 0.25) is 0 Å². The van der Waals surface area contributed by atoms with Crippen LogP contribution in [0.5, 0.6) is 0 Å². The number of rotatable bonds is 6. The molecule has 3 aromatic rings. The summed E-state index contributed by atoms with van der Waals surface area (Å²) in [5.74, 6) is 0.600. The van der Waals surface area contributed by atoms with Crippen molar-refractivity contribution in [3.05, 3.63) is 54.0 Å². The molecule has 1 aromatic carbocycles. The third-order valence-electron chi connectivity index (χ3n) is 5.49. The van der Waals surface area contributed by atoms with Crippen LogP contribution in [0.15, 0.2) is 47.6 Å². The van der Waals surface area contributed by atoms with Crippen molar-refractivity contribution in [2.24, 2.45) is 5.92 Å². The predicted molar refractivity (Wildman–Crippen MR) is 110 cm³/mol. The Bertz CT molecular complexity index is 1000. The van der Waals surface area contributed by atoms with Gasteiger partial charge in [-0.3, -0.25) is 4.79 Å². The van der Waals surface area contributed by atoms with Crippen molar-refractivity contribution in [2.45, 2.75) is 56.8 Å². The van der Waals surface area contributed by atoms with Gasteiger partial charge >= 0.3 is 0 Å². The summed E-state index contributed by atoms with van der Waals surface area (Å²) in [5.41, 5.74) is 3.25. The third kappa shape index (κ3) is 4.07. The average molecular weight is 396 g/mol. The van der Waals surface area contributed by atoms with E-state index in [0.717, 1.165) is 29.0 Å². The van der Waals surface area contributed by atoms with Gasteiger partial charge in [-0.1, -0.05) is 37.0 Å². The van der Waals surface area contributed by atoms with Crippen molar-refractivity contribution < 1.29 is 9.00 Å². The van der Waals surface area contributed by atoms with E-state index < -0.39 is 11.0 Å². The predicted octanol–water partition coefficient (Wildman–Crippen LogP) is 4.39. The maximum Gasteiger partial charge on any atom is 0.171 e. The van der Waals surface area contributed by atoms with Gasteiger partial charge in [-0.2, -0.15) is 0 Å². The molecule has 6 heteroatoms. The van der Waals surface area contributed by atoms with E-state index in [-0.39, 0.29) is 5.92 Å². The second kappa shape index (κ2) is 8.35. The van der Waals surface area contributed by atoms with E-state index in [0.29, 0.717) is 29.8 Å². The topological polar surface area (TPSA) is 64.8 Å². The van der Waals surface area contributed by atoms with Gasteiger partial charge < -0.3 is 0 Å². The highest BCUT2D eigenvalue weighted by molar-refractivity contribution is 7.83. The lowest BCUT2D eigenvalue weighted by Crippen LogP contribution is -2.18. The monoisotopic (exact) mass is 395 g/mol. The molecule has 1 unspecified atom stereocenters. The maximum absolute atomic E-state index is 12.9. The van der Waals surface area contributed by atoms with Gasteiger partial charge in [0.15, 0.2) is 16.6 Å². The first-order valence-corrected chi connectivity index (χ1v) is 11.1. The SMILES string of the molecule is Cc1ccc(S(=O)n2ccc3nc(CCC(=O)C4CCCCC4)cnc32)cc1. The van der Waals surface area contributed by atoms with Gasteiger partial charge in [0.05, 0.1) is 16.8 Å². The number of benzene rings is 1. The molecule has 1 fully saturated rings. The molecule has 0 bridgehead atoms. The third-order valence-corrected chi connectivity index (χ3v) is 6.82. The number of hydrogen-bond acceptors (Lipinski definition) is 4. The molecule has 28 heavy (non-hydrogen) atoms. The Morgan fingerprint density at radius 1 is 1.14 bits per heavy atom. The molecule has 0 saturated heterocycles. The van der Waals surface area contributed by atoms with E-state index in [1.807, 2.05) is 37.3 Å². The molecular weight excluding hydrogens is 370 g/mol. The fourth-order valence-corrected chi connectivity index (χ4v) is 4.89. The van der Waals surface area contributed by atoms with Gasteiger partial charge in [0, 0.05) is 18.5 Å². The quantitative estimate of drug-likeness (QED) is 0.621. The van der Waals surface area contributed by atoms with E-state index in [2.05, 4.69) is 9.97 Å². The lowest BCUT2D eigenvalue weighted by molar-refractivity contribution is -0.123. The van der Waals surface area contributed by atoms with Crippen LogP contribution in [0.3, 0.4) is 0 Å². The molecule has 146 valence electrons. The summed E-state index contributed by atoms with van der Waals surface area (Å²) in [7, 11) is -1.36. The summed E-state index contributed by atoms with van der Waals surface area (Å²) in [6.07, 6.45) is 10.3. The highest BCUT2D eigenvalue weighted by Gasteiger charge is 2.21. The van der Waals surface area contributed by atoms with Gasteiger partial charge in [-0.25, -0.2) is 18.1 Å². The molecule has 0 N–H and O–H groups in total. The van der Waals surface area contributed by atoms with Crippen LogP contribution < -0.4 is 0 Å². The Labute approximate surface area is 167 Å².